The number of carbonyl (C=O) groups is 1. The molecule has 0 aliphatic heterocycles. The van der Waals surface area contributed by atoms with Crippen LogP contribution in [0.25, 0.3) is 0 Å². The summed E-state index contributed by atoms with van der Waals surface area (Å²) < 4.78 is 5.24. The van der Waals surface area contributed by atoms with Crippen molar-refractivity contribution in [3.8, 4) is 0 Å². The van der Waals surface area contributed by atoms with E-state index >= 15 is 0 Å². The molecular formula is C12H13ClO2. The molecule has 3 heteroatoms. The quantitative estimate of drug-likeness (QED) is 0.735. The van der Waals surface area contributed by atoms with Crippen molar-refractivity contribution in [3.05, 3.63) is 47.0 Å². The van der Waals surface area contributed by atoms with Crippen molar-refractivity contribution >= 4 is 17.4 Å². The fraction of sp³-hybridized carbons (Fsp3) is 0.250. The van der Waals surface area contributed by atoms with Crippen LogP contribution >= 0.6 is 11.6 Å². The minimum atomic E-state index is -0.389. The van der Waals surface area contributed by atoms with Gasteiger partial charge in [-0.2, -0.15) is 0 Å². The summed E-state index contributed by atoms with van der Waals surface area (Å²) in [5.74, 6) is -0.0724. The second kappa shape index (κ2) is 5.10. The van der Waals surface area contributed by atoms with Crippen molar-refractivity contribution in [1.82, 2.24) is 0 Å². The average Bonchev–Trinajstić information content (AvgIpc) is 2.21. The van der Waals surface area contributed by atoms with Crippen LogP contribution in [0.4, 0.5) is 0 Å². The van der Waals surface area contributed by atoms with Gasteiger partial charge in [0.05, 0.1) is 0 Å². The smallest absolute Gasteiger partial charge is 0.158 e. The van der Waals surface area contributed by atoms with Crippen molar-refractivity contribution in [3.63, 3.8) is 0 Å². The predicted octanol–water partition coefficient (Wildman–Crippen LogP) is 3.17. The lowest BCUT2D eigenvalue weighted by molar-refractivity contribution is -0.114. The van der Waals surface area contributed by atoms with Crippen LogP contribution < -0.4 is 0 Å². The second-order valence-electron chi connectivity index (χ2n) is 3.25. The molecule has 2 nitrogen and oxygen atoms in total. The molecule has 0 aliphatic rings. The van der Waals surface area contributed by atoms with E-state index in [0.29, 0.717) is 10.6 Å². The van der Waals surface area contributed by atoms with E-state index < -0.39 is 0 Å². The van der Waals surface area contributed by atoms with Crippen LogP contribution in [0.2, 0.25) is 5.02 Å². The van der Waals surface area contributed by atoms with Gasteiger partial charge < -0.3 is 4.74 Å². The number of hydrogen-bond acceptors (Lipinski definition) is 2. The van der Waals surface area contributed by atoms with Crippen molar-refractivity contribution in [2.75, 3.05) is 7.11 Å². The molecular weight excluding hydrogens is 212 g/mol. The van der Waals surface area contributed by atoms with E-state index in [1.165, 1.54) is 6.92 Å². The first-order chi connectivity index (χ1) is 7.06. The second-order valence-corrected chi connectivity index (χ2v) is 3.69. The van der Waals surface area contributed by atoms with Gasteiger partial charge in [-0.25, -0.2) is 0 Å². The summed E-state index contributed by atoms with van der Waals surface area (Å²) in [6.07, 6.45) is -0.389. The van der Waals surface area contributed by atoms with Gasteiger partial charge in [0, 0.05) is 17.7 Å². The van der Waals surface area contributed by atoms with E-state index in [1.54, 1.807) is 19.2 Å². The molecule has 1 rings (SSSR count). The summed E-state index contributed by atoms with van der Waals surface area (Å²) in [6, 6.07) is 7.17. The number of Topliss-reactive ketones (excluding diaryl/α,β-unsaturated/α-hetero) is 1. The number of hydrogen-bond donors (Lipinski definition) is 0. The monoisotopic (exact) mass is 224 g/mol. The normalized spacial score (nSPS) is 12.2. The molecule has 15 heavy (non-hydrogen) atoms. The van der Waals surface area contributed by atoms with Gasteiger partial charge in [0.15, 0.2) is 5.78 Å². The molecule has 0 aromatic heterocycles. The Morgan fingerprint density at radius 1 is 1.40 bits per heavy atom. The molecule has 1 unspecified atom stereocenters. The Kier molecular flexibility index (Phi) is 4.06. The third-order valence-corrected chi connectivity index (χ3v) is 2.43. The minimum absolute atomic E-state index is 0.0724. The summed E-state index contributed by atoms with van der Waals surface area (Å²) in [4.78, 5) is 11.2. The first-order valence-corrected chi connectivity index (χ1v) is 4.92. The number of benzene rings is 1. The SMILES string of the molecule is C=C(C(C)=O)C(OC)c1ccc(Cl)cc1. The van der Waals surface area contributed by atoms with E-state index in [9.17, 15) is 4.79 Å². The molecule has 0 fully saturated rings. The Morgan fingerprint density at radius 2 is 1.93 bits per heavy atom. The topological polar surface area (TPSA) is 26.3 Å². The number of halogens is 1. The van der Waals surface area contributed by atoms with Crippen LogP contribution in [-0.4, -0.2) is 12.9 Å². The standard InChI is InChI=1S/C12H13ClO2/c1-8(9(2)14)12(15-3)10-4-6-11(13)7-5-10/h4-7,12H,1H2,2-3H3. The molecule has 1 aromatic carbocycles. The zero-order chi connectivity index (χ0) is 11.4. The van der Waals surface area contributed by atoms with Gasteiger partial charge in [-0.3, -0.25) is 4.79 Å². The average molecular weight is 225 g/mol. The molecule has 0 bridgehead atoms. The maximum atomic E-state index is 11.2. The highest BCUT2D eigenvalue weighted by atomic mass is 35.5. The third kappa shape index (κ3) is 2.91. The minimum Gasteiger partial charge on any atom is -0.372 e. The largest absolute Gasteiger partial charge is 0.372 e. The highest BCUT2D eigenvalue weighted by Crippen LogP contribution is 2.25. The summed E-state index contributed by atoms with van der Waals surface area (Å²) in [7, 11) is 1.55. The lowest BCUT2D eigenvalue weighted by atomic mass is 10.0. The Labute approximate surface area is 94.5 Å². The van der Waals surface area contributed by atoms with Gasteiger partial charge in [0.2, 0.25) is 0 Å². The maximum absolute atomic E-state index is 11.2. The molecule has 0 heterocycles. The lowest BCUT2D eigenvalue weighted by Crippen LogP contribution is -2.09. The molecule has 0 radical (unpaired) electrons. The van der Waals surface area contributed by atoms with Gasteiger partial charge in [0.25, 0.3) is 0 Å². The number of ketones is 1. The zero-order valence-corrected chi connectivity index (χ0v) is 9.54. The van der Waals surface area contributed by atoms with Crippen LogP contribution in [-0.2, 0) is 9.53 Å². The molecule has 0 saturated heterocycles. The zero-order valence-electron chi connectivity index (χ0n) is 8.79. The van der Waals surface area contributed by atoms with Crippen molar-refractivity contribution in [2.45, 2.75) is 13.0 Å². The highest BCUT2D eigenvalue weighted by molar-refractivity contribution is 6.30. The van der Waals surface area contributed by atoms with Gasteiger partial charge in [0.1, 0.15) is 6.10 Å². The Hall–Kier alpha value is -1.12. The Balaban J connectivity index is 2.97. The summed E-state index contributed by atoms with van der Waals surface area (Å²) in [5.41, 5.74) is 1.32. The molecule has 1 atom stereocenters. The number of ether oxygens (including phenoxy) is 1. The van der Waals surface area contributed by atoms with E-state index in [2.05, 4.69) is 6.58 Å². The molecule has 1 aromatic rings. The van der Waals surface area contributed by atoms with Crippen molar-refractivity contribution < 1.29 is 9.53 Å². The first kappa shape index (κ1) is 12.0. The molecule has 0 N–H and O–H groups in total. The van der Waals surface area contributed by atoms with Crippen LogP contribution in [0, 0.1) is 0 Å². The predicted molar refractivity (Wildman–Crippen MR) is 61.0 cm³/mol. The van der Waals surface area contributed by atoms with Crippen LogP contribution in [0.3, 0.4) is 0 Å². The number of rotatable bonds is 4. The maximum Gasteiger partial charge on any atom is 0.158 e. The summed E-state index contributed by atoms with van der Waals surface area (Å²) >= 11 is 5.77. The van der Waals surface area contributed by atoms with Crippen LogP contribution in [0.15, 0.2) is 36.4 Å². The fourth-order valence-corrected chi connectivity index (χ4v) is 1.43. The van der Waals surface area contributed by atoms with Gasteiger partial charge in [-0.1, -0.05) is 30.3 Å². The molecule has 0 saturated carbocycles. The molecule has 0 spiro atoms. The van der Waals surface area contributed by atoms with Gasteiger partial charge in [-0.15, -0.1) is 0 Å². The van der Waals surface area contributed by atoms with E-state index in [4.69, 9.17) is 16.3 Å². The van der Waals surface area contributed by atoms with E-state index in [0.717, 1.165) is 5.56 Å². The van der Waals surface area contributed by atoms with Crippen LogP contribution in [0.1, 0.15) is 18.6 Å². The van der Waals surface area contributed by atoms with Gasteiger partial charge >= 0.3 is 0 Å². The fourth-order valence-electron chi connectivity index (χ4n) is 1.30. The molecule has 0 aliphatic carbocycles. The third-order valence-electron chi connectivity index (χ3n) is 2.18. The number of carbonyl (C=O) groups excluding carboxylic acids is 1. The van der Waals surface area contributed by atoms with Crippen molar-refractivity contribution in [2.24, 2.45) is 0 Å². The van der Waals surface area contributed by atoms with Crippen molar-refractivity contribution in [1.29, 1.82) is 0 Å². The molecule has 0 amide bonds. The Morgan fingerprint density at radius 3 is 2.33 bits per heavy atom. The first-order valence-electron chi connectivity index (χ1n) is 4.54. The van der Waals surface area contributed by atoms with Gasteiger partial charge in [-0.05, 0) is 24.6 Å². The molecule has 80 valence electrons. The summed E-state index contributed by atoms with van der Waals surface area (Å²) in [5, 5.41) is 0.655. The van der Waals surface area contributed by atoms with E-state index in [1.807, 2.05) is 12.1 Å². The van der Waals surface area contributed by atoms with E-state index in [-0.39, 0.29) is 11.9 Å². The highest BCUT2D eigenvalue weighted by Gasteiger charge is 2.17. The summed E-state index contributed by atoms with van der Waals surface area (Å²) in [6.45, 7) is 5.19. The lowest BCUT2D eigenvalue weighted by Gasteiger charge is -2.16. The number of methoxy groups -OCH3 is 1. The van der Waals surface area contributed by atoms with Crippen LogP contribution in [0.5, 0.6) is 0 Å². The Bertz CT molecular complexity index is 368.